The van der Waals surface area contributed by atoms with Crippen LogP contribution in [-0.2, 0) is 12.6 Å². The van der Waals surface area contributed by atoms with Crippen LogP contribution in [0.15, 0.2) is 30.6 Å². The second-order valence-corrected chi connectivity index (χ2v) is 5.15. The zero-order valence-corrected chi connectivity index (χ0v) is 12.3. The van der Waals surface area contributed by atoms with Crippen LogP contribution in [0.25, 0.3) is 0 Å². The fourth-order valence-electron chi connectivity index (χ4n) is 1.83. The van der Waals surface area contributed by atoms with Crippen LogP contribution in [0.3, 0.4) is 0 Å². The van der Waals surface area contributed by atoms with Gasteiger partial charge in [-0.25, -0.2) is 9.78 Å². The summed E-state index contributed by atoms with van der Waals surface area (Å²) in [4.78, 5) is 16.0. The first kappa shape index (κ1) is 15.0. The number of carbonyl (C=O) groups excluding carboxylic acids is 1. The Morgan fingerprint density at radius 3 is 2.86 bits per heavy atom. The summed E-state index contributed by atoms with van der Waals surface area (Å²) in [5, 5.41) is 19.6. The third kappa shape index (κ3) is 4.03. The smallest absolute Gasteiger partial charge is 0.320 e. The molecule has 0 fully saturated rings. The molecule has 3 N–H and O–H groups in total. The molecule has 0 spiro atoms. The van der Waals surface area contributed by atoms with E-state index < -0.39 is 11.6 Å². The van der Waals surface area contributed by atoms with Gasteiger partial charge in [-0.2, -0.15) is 5.10 Å². The van der Waals surface area contributed by atoms with Crippen molar-refractivity contribution in [3.63, 3.8) is 0 Å². The molecule has 0 saturated carbocycles. The number of rotatable bonds is 4. The molecular weight excluding hydrogens is 270 g/mol. The number of carbonyl (C=O) groups is 1. The summed E-state index contributed by atoms with van der Waals surface area (Å²) >= 11 is 0. The average Bonchev–Trinajstić information content (AvgIpc) is 2.84. The maximum absolute atomic E-state index is 11.8. The first-order valence-electron chi connectivity index (χ1n) is 6.57. The van der Waals surface area contributed by atoms with Gasteiger partial charge in [-0.15, -0.1) is 0 Å². The van der Waals surface area contributed by atoms with Gasteiger partial charge in [0.2, 0.25) is 0 Å². The lowest BCUT2D eigenvalue weighted by Crippen LogP contribution is -2.40. The summed E-state index contributed by atoms with van der Waals surface area (Å²) in [6, 6.07) is 4.93. The van der Waals surface area contributed by atoms with E-state index in [0.717, 1.165) is 5.69 Å². The lowest BCUT2D eigenvalue weighted by molar-refractivity contribution is 0.0599. The van der Waals surface area contributed by atoms with E-state index in [1.807, 2.05) is 19.1 Å². The predicted molar refractivity (Wildman–Crippen MR) is 78.8 cm³/mol. The van der Waals surface area contributed by atoms with Gasteiger partial charge in [-0.1, -0.05) is 6.07 Å². The lowest BCUT2D eigenvalue weighted by atomic mass is 10.00. The third-order valence-electron chi connectivity index (χ3n) is 3.05. The first-order valence-corrected chi connectivity index (χ1v) is 6.57. The number of amides is 2. The summed E-state index contributed by atoms with van der Waals surface area (Å²) in [5.41, 5.74) is 0.264. The molecule has 0 aliphatic rings. The molecular formula is C14H19N5O2. The van der Waals surface area contributed by atoms with Crippen molar-refractivity contribution in [2.45, 2.75) is 19.4 Å². The SMILES string of the molecule is Cc1cccc(NC(=O)NC[C@](C)(O)c2cnn(C)c2)n1. The third-order valence-corrected chi connectivity index (χ3v) is 3.05. The number of pyridine rings is 1. The quantitative estimate of drug-likeness (QED) is 0.787. The Labute approximate surface area is 123 Å². The molecule has 0 aliphatic heterocycles. The van der Waals surface area contributed by atoms with Crippen molar-refractivity contribution >= 4 is 11.8 Å². The highest BCUT2D eigenvalue weighted by Gasteiger charge is 2.25. The number of aromatic nitrogens is 3. The number of hydrogen-bond donors (Lipinski definition) is 3. The lowest BCUT2D eigenvalue weighted by Gasteiger charge is -2.22. The van der Waals surface area contributed by atoms with Gasteiger partial charge in [0.15, 0.2) is 0 Å². The molecule has 0 aromatic carbocycles. The molecule has 0 saturated heterocycles. The molecule has 21 heavy (non-hydrogen) atoms. The van der Waals surface area contributed by atoms with Crippen molar-refractivity contribution in [1.29, 1.82) is 0 Å². The fraction of sp³-hybridized carbons (Fsp3) is 0.357. The van der Waals surface area contributed by atoms with Crippen LogP contribution in [0.5, 0.6) is 0 Å². The maximum Gasteiger partial charge on any atom is 0.320 e. The van der Waals surface area contributed by atoms with Crippen LogP contribution in [0.4, 0.5) is 10.6 Å². The van der Waals surface area contributed by atoms with Crippen LogP contribution in [0, 0.1) is 6.92 Å². The Morgan fingerprint density at radius 2 is 2.24 bits per heavy atom. The van der Waals surface area contributed by atoms with Gasteiger partial charge < -0.3 is 10.4 Å². The summed E-state index contributed by atoms with van der Waals surface area (Å²) in [7, 11) is 1.77. The normalized spacial score (nSPS) is 13.5. The minimum atomic E-state index is -1.19. The molecule has 7 nitrogen and oxygen atoms in total. The van der Waals surface area contributed by atoms with Crippen molar-refractivity contribution < 1.29 is 9.90 Å². The molecule has 2 aromatic heterocycles. The number of nitrogens with zero attached hydrogens (tertiary/aromatic N) is 3. The Bertz CT molecular complexity index is 636. The highest BCUT2D eigenvalue weighted by molar-refractivity contribution is 5.88. The molecule has 0 unspecified atom stereocenters. The zero-order valence-electron chi connectivity index (χ0n) is 12.3. The van der Waals surface area contributed by atoms with Crippen LogP contribution < -0.4 is 10.6 Å². The Morgan fingerprint density at radius 1 is 1.48 bits per heavy atom. The van der Waals surface area contributed by atoms with Gasteiger partial charge in [0, 0.05) is 24.5 Å². The fourth-order valence-corrected chi connectivity index (χ4v) is 1.83. The standard InChI is InChI=1S/C14H19N5O2/c1-10-5-4-6-12(17-10)18-13(20)15-9-14(2,21)11-7-16-19(3)8-11/h4-8,21H,9H2,1-3H3,(H2,15,17,18,20)/t14-/m0/s1. The summed E-state index contributed by atoms with van der Waals surface area (Å²) in [5.74, 6) is 0.466. The van der Waals surface area contributed by atoms with Crippen molar-refractivity contribution in [3.8, 4) is 0 Å². The van der Waals surface area contributed by atoms with Crippen LogP contribution >= 0.6 is 0 Å². The van der Waals surface area contributed by atoms with Gasteiger partial charge in [-0.05, 0) is 26.0 Å². The number of anilines is 1. The van der Waals surface area contributed by atoms with E-state index in [4.69, 9.17) is 0 Å². The Hall–Kier alpha value is -2.41. The number of hydrogen-bond acceptors (Lipinski definition) is 4. The molecule has 1 atom stereocenters. The average molecular weight is 289 g/mol. The molecule has 2 aromatic rings. The van der Waals surface area contributed by atoms with E-state index in [1.165, 1.54) is 0 Å². The predicted octanol–water partition coefficient (Wildman–Crippen LogP) is 1.15. The van der Waals surface area contributed by atoms with E-state index in [9.17, 15) is 9.90 Å². The zero-order chi connectivity index (χ0) is 15.5. The number of aryl methyl sites for hydroxylation is 2. The van der Waals surface area contributed by atoms with E-state index in [-0.39, 0.29) is 6.54 Å². The van der Waals surface area contributed by atoms with Gasteiger partial charge in [0.25, 0.3) is 0 Å². The van der Waals surface area contributed by atoms with Crippen LogP contribution in [-0.4, -0.2) is 32.4 Å². The van der Waals surface area contributed by atoms with Gasteiger partial charge in [0.1, 0.15) is 11.4 Å². The van der Waals surface area contributed by atoms with Crippen molar-refractivity contribution in [2.24, 2.45) is 7.05 Å². The molecule has 2 rings (SSSR count). The minimum absolute atomic E-state index is 0.0658. The van der Waals surface area contributed by atoms with Crippen molar-refractivity contribution in [3.05, 3.63) is 41.9 Å². The minimum Gasteiger partial charge on any atom is -0.383 e. The highest BCUT2D eigenvalue weighted by atomic mass is 16.3. The number of urea groups is 1. The molecule has 0 bridgehead atoms. The van der Waals surface area contributed by atoms with E-state index >= 15 is 0 Å². The highest BCUT2D eigenvalue weighted by Crippen LogP contribution is 2.18. The monoisotopic (exact) mass is 289 g/mol. The van der Waals surface area contributed by atoms with E-state index in [0.29, 0.717) is 11.4 Å². The van der Waals surface area contributed by atoms with Crippen molar-refractivity contribution in [2.75, 3.05) is 11.9 Å². The summed E-state index contributed by atoms with van der Waals surface area (Å²) in [6.45, 7) is 3.53. The molecule has 0 aliphatic carbocycles. The van der Waals surface area contributed by atoms with Gasteiger partial charge in [-0.3, -0.25) is 10.00 Å². The number of nitrogens with one attached hydrogen (secondary N) is 2. The van der Waals surface area contributed by atoms with Crippen molar-refractivity contribution in [1.82, 2.24) is 20.1 Å². The maximum atomic E-state index is 11.8. The largest absolute Gasteiger partial charge is 0.383 e. The van der Waals surface area contributed by atoms with E-state index in [2.05, 4.69) is 20.7 Å². The molecule has 2 heterocycles. The van der Waals surface area contributed by atoms with Gasteiger partial charge in [0.05, 0.1) is 12.7 Å². The number of aliphatic hydroxyl groups is 1. The summed E-state index contributed by atoms with van der Waals surface area (Å²) < 4.78 is 1.60. The van der Waals surface area contributed by atoms with Crippen LogP contribution in [0.1, 0.15) is 18.2 Å². The Balaban J connectivity index is 1.91. The topological polar surface area (TPSA) is 92.1 Å². The Kier molecular flexibility index (Phi) is 4.23. The molecule has 2 amide bonds. The second-order valence-electron chi connectivity index (χ2n) is 5.15. The van der Waals surface area contributed by atoms with E-state index in [1.54, 1.807) is 37.1 Å². The summed E-state index contributed by atoms with van der Waals surface area (Å²) in [6.07, 6.45) is 3.28. The molecule has 7 heteroatoms. The molecule has 0 radical (unpaired) electrons. The molecule has 112 valence electrons. The van der Waals surface area contributed by atoms with Gasteiger partial charge >= 0.3 is 6.03 Å². The second kappa shape index (κ2) is 5.92. The first-order chi connectivity index (χ1) is 9.87. The van der Waals surface area contributed by atoms with Crippen LogP contribution in [0.2, 0.25) is 0 Å².